The molecular weight excluding hydrogens is 360 g/mol. The largest absolute Gasteiger partial charge is 0.487 e. The quantitative estimate of drug-likeness (QED) is 0.697. The number of aliphatic hydroxyl groups excluding tert-OH is 1. The maximum Gasteiger partial charge on any atom is 0.335 e. The van der Waals surface area contributed by atoms with E-state index in [1.807, 2.05) is 30.3 Å². The number of benzene rings is 1. The lowest BCUT2D eigenvalue weighted by Crippen LogP contribution is -2.25. The van der Waals surface area contributed by atoms with E-state index in [2.05, 4.69) is 9.97 Å². The Kier molecular flexibility index (Phi) is 7.33. The van der Waals surface area contributed by atoms with Crippen LogP contribution >= 0.6 is 0 Å². The van der Waals surface area contributed by atoms with Gasteiger partial charge >= 0.3 is 5.97 Å². The van der Waals surface area contributed by atoms with E-state index in [1.165, 1.54) is 0 Å². The zero-order valence-electron chi connectivity index (χ0n) is 16.0. The minimum absolute atomic E-state index is 0.131. The summed E-state index contributed by atoms with van der Waals surface area (Å²) in [5.74, 6) is 1.13. The Morgan fingerprint density at radius 2 is 2.07 bits per heavy atom. The average Bonchev–Trinajstić information content (AvgIpc) is 2.74. The summed E-state index contributed by atoms with van der Waals surface area (Å²) in [6.45, 7) is 3.70. The van der Waals surface area contributed by atoms with Gasteiger partial charge < -0.3 is 19.3 Å². The standard InChI is InChI=1S/C21H26N2O5/c1-2-27-21(25)18(24)13-16-5-3-4-6-19(16)28-14-17-7-10-22-20(23-17)15-8-11-26-12-9-15/h3-7,10,15,18,24H,2,8-9,11-14H2,1H3/t18-/m0/s1. The van der Waals surface area contributed by atoms with Gasteiger partial charge in [-0.3, -0.25) is 0 Å². The Balaban J connectivity index is 1.64. The minimum Gasteiger partial charge on any atom is -0.487 e. The van der Waals surface area contributed by atoms with Gasteiger partial charge in [-0.25, -0.2) is 14.8 Å². The molecule has 0 saturated carbocycles. The molecule has 1 aromatic heterocycles. The molecule has 150 valence electrons. The van der Waals surface area contributed by atoms with Crippen molar-refractivity contribution >= 4 is 5.97 Å². The Morgan fingerprint density at radius 1 is 1.29 bits per heavy atom. The molecule has 2 heterocycles. The van der Waals surface area contributed by atoms with Crippen LogP contribution in [0.1, 0.15) is 42.8 Å². The van der Waals surface area contributed by atoms with Crippen molar-refractivity contribution < 1.29 is 24.1 Å². The molecule has 0 spiro atoms. The second-order valence-electron chi connectivity index (χ2n) is 6.66. The summed E-state index contributed by atoms with van der Waals surface area (Å²) in [5.41, 5.74) is 1.53. The van der Waals surface area contributed by atoms with Crippen LogP contribution < -0.4 is 4.74 Å². The number of carbonyl (C=O) groups is 1. The SMILES string of the molecule is CCOC(=O)[C@@H](O)Cc1ccccc1OCc1ccnc(C2CCOCC2)n1. The van der Waals surface area contributed by atoms with Crippen LogP contribution in [0.2, 0.25) is 0 Å². The number of aliphatic hydroxyl groups is 1. The van der Waals surface area contributed by atoms with Crippen LogP contribution in [0, 0.1) is 0 Å². The molecule has 2 aromatic rings. The van der Waals surface area contributed by atoms with E-state index in [1.54, 1.807) is 13.1 Å². The number of hydrogen-bond acceptors (Lipinski definition) is 7. The smallest absolute Gasteiger partial charge is 0.335 e. The second-order valence-corrected chi connectivity index (χ2v) is 6.66. The summed E-state index contributed by atoms with van der Waals surface area (Å²) >= 11 is 0. The lowest BCUT2D eigenvalue weighted by atomic mass is 9.99. The topological polar surface area (TPSA) is 90.8 Å². The number of carbonyl (C=O) groups excluding carboxylic acids is 1. The Bertz CT molecular complexity index is 777. The number of aromatic nitrogens is 2. The van der Waals surface area contributed by atoms with Gasteiger partial charge in [0.25, 0.3) is 0 Å². The lowest BCUT2D eigenvalue weighted by Gasteiger charge is -2.21. The van der Waals surface area contributed by atoms with Gasteiger partial charge in [0.15, 0.2) is 6.10 Å². The maximum absolute atomic E-state index is 11.7. The van der Waals surface area contributed by atoms with E-state index in [0.29, 0.717) is 11.7 Å². The number of hydrogen-bond donors (Lipinski definition) is 1. The van der Waals surface area contributed by atoms with Gasteiger partial charge in [0.1, 0.15) is 18.2 Å². The Morgan fingerprint density at radius 3 is 2.86 bits per heavy atom. The van der Waals surface area contributed by atoms with E-state index in [4.69, 9.17) is 14.2 Å². The molecule has 0 bridgehead atoms. The van der Waals surface area contributed by atoms with Gasteiger partial charge in [0.2, 0.25) is 0 Å². The number of ether oxygens (including phenoxy) is 3. The van der Waals surface area contributed by atoms with Gasteiger partial charge in [-0.05, 0) is 37.5 Å². The fourth-order valence-corrected chi connectivity index (χ4v) is 3.14. The predicted molar refractivity (Wildman–Crippen MR) is 102 cm³/mol. The third-order valence-corrected chi connectivity index (χ3v) is 4.64. The van der Waals surface area contributed by atoms with Gasteiger partial charge in [-0.2, -0.15) is 0 Å². The zero-order valence-corrected chi connectivity index (χ0v) is 16.0. The molecule has 1 aromatic carbocycles. The van der Waals surface area contributed by atoms with Crippen LogP contribution in [-0.4, -0.2) is 47.0 Å². The first kappa shape index (κ1) is 20.2. The van der Waals surface area contributed by atoms with Crippen LogP contribution in [0.25, 0.3) is 0 Å². The van der Waals surface area contributed by atoms with E-state index >= 15 is 0 Å². The van der Waals surface area contributed by atoms with E-state index in [0.717, 1.165) is 43.1 Å². The third kappa shape index (κ3) is 5.50. The van der Waals surface area contributed by atoms with Crippen LogP contribution in [0.3, 0.4) is 0 Å². The number of para-hydroxylation sites is 1. The van der Waals surface area contributed by atoms with Crippen molar-refractivity contribution in [2.24, 2.45) is 0 Å². The van der Waals surface area contributed by atoms with E-state index < -0.39 is 12.1 Å². The monoisotopic (exact) mass is 386 g/mol. The molecule has 0 radical (unpaired) electrons. The molecule has 1 saturated heterocycles. The fourth-order valence-electron chi connectivity index (χ4n) is 3.14. The second kappa shape index (κ2) is 10.1. The number of nitrogens with zero attached hydrogens (tertiary/aromatic N) is 2. The van der Waals surface area contributed by atoms with Crippen LogP contribution in [0.15, 0.2) is 36.5 Å². The highest BCUT2D eigenvalue weighted by molar-refractivity contribution is 5.74. The molecule has 3 rings (SSSR count). The molecule has 0 amide bonds. The summed E-state index contributed by atoms with van der Waals surface area (Å²) < 4.78 is 16.2. The van der Waals surface area contributed by atoms with Crippen LogP contribution in [-0.2, 0) is 27.3 Å². The highest BCUT2D eigenvalue weighted by Gasteiger charge is 2.20. The van der Waals surface area contributed by atoms with Crippen molar-refractivity contribution in [3.63, 3.8) is 0 Å². The normalized spacial score (nSPS) is 15.8. The van der Waals surface area contributed by atoms with Crippen LogP contribution in [0.5, 0.6) is 5.75 Å². The molecule has 0 unspecified atom stereocenters. The van der Waals surface area contributed by atoms with Crippen LogP contribution in [0.4, 0.5) is 0 Å². The lowest BCUT2D eigenvalue weighted by molar-refractivity contribution is -0.152. The molecule has 1 aliphatic rings. The molecule has 28 heavy (non-hydrogen) atoms. The number of esters is 1. The zero-order chi connectivity index (χ0) is 19.8. The summed E-state index contributed by atoms with van der Waals surface area (Å²) in [5, 5.41) is 10.0. The van der Waals surface area contributed by atoms with Crippen molar-refractivity contribution in [2.45, 2.75) is 44.8 Å². The molecule has 7 heteroatoms. The molecular formula is C21H26N2O5. The Labute approximate surface area is 164 Å². The van der Waals surface area contributed by atoms with E-state index in [9.17, 15) is 9.90 Å². The summed E-state index contributed by atoms with van der Waals surface area (Å²) in [6.07, 6.45) is 2.53. The summed E-state index contributed by atoms with van der Waals surface area (Å²) in [4.78, 5) is 20.7. The summed E-state index contributed by atoms with van der Waals surface area (Å²) in [6, 6.07) is 9.16. The molecule has 1 N–H and O–H groups in total. The van der Waals surface area contributed by atoms with Crippen molar-refractivity contribution in [2.75, 3.05) is 19.8 Å². The highest BCUT2D eigenvalue weighted by atomic mass is 16.5. The minimum atomic E-state index is -1.22. The summed E-state index contributed by atoms with van der Waals surface area (Å²) in [7, 11) is 0. The first-order valence-corrected chi connectivity index (χ1v) is 9.62. The molecule has 1 fully saturated rings. The van der Waals surface area contributed by atoms with E-state index in [-0.39, 0.29) is 19.6 Å². The average molecular weight is 386 g/mol. The van der Waals surface area contributed by atoms with Crippen molar-refractivity contribution in [3.8, 4) is 5.75 Å². The van der Waals surface area contributed by atoms with Gasteiger partial charge in [0, 0.05) is 31.7 Å². The highest BCUT2D eigenvalue weighted by Crippen LogP contribution is 2.25. The molecule has 1 atom stereocenters. The number of rotatable bonds is 8. The maximum atomic E-state index is 11.7. The molecule has 1 aliphatic heterocycles. The Hall–Kier alpha value is -2.51. The van der Waals surface area contributed by atoms with Crippen molar-refractivity contribution in [1.29, 1.82) is 0 Å². The first-order valence-electron chi connectivity index (χ1n) is 9.62. The van der Waals surface area contributed by atoms with Crippen molar-refractivity contribution in [1.82, 2.24) is 9.97 Å². The van der Waals surface area contributed by atoms with Crippen molar-refractivity contribution in [3.05, 3.63) is 53.6 Å². The molecule has 7 nitrogen and oxygen atoms in total. The molecule has 0 aliphatic carbocycles. The third-order valence-electron chi connectivity index (χ3n) is 4.64. The van der Waals surface area contributed by atoms with Gasteiger partial charge in [-0.1, -0.05) is 18.2 Å². The fraction of sp³-hybridized carbons (Fsp3) is 0.476. The van der Waals surface area contributed by atoms with Gasteiger partial charge in [-0.15, -0.1) is 0 Å². The van der Waals surface area contributed by atoms with Gasteiger partial charge in [0.05, 0.1) is 12.3 Å². The first-order chi connectivity index (χ1) is 13.7. The predicted octanol–water partition coefficient (Wildman–Crippen LogP) is 2.42.